The zero-order chi connectivity index (χ0) is 16.4. The molecule has 2 aromatic rings. The number of rotatable bonds is 5. The minimum absolute atomic E-state index is 0.100. The predicted octanol–water partition coefficient (Wildman–Crippen LogP) is 2.95. The highest BCUT2D eigenvalue weighted by atomic mass is 35.5. The zero-order valence-electron chi connectivity index (χ0n) is 12.5. The van der Waals surface area contributed by atoms with Crippen LogP contribution in [-0.4, -0.2) is 21.9 Å². The Morgan fingerprint density at radius 1 is 1.52 bits per heavy atom. The molecule has 1 aromatic carbocycles. The molecule has 0 spiro atoms. The summed E-state index contributed by atoms with van der Waals surface area (Å²) in [5, 5.41) is 8.36. The van der Waals surface area contributed by atoms with Crippen LogP contribution in [0.3, 0.4) is 0 Å². The Morgan fingerprint density at radius 2 is 2.26 bits per heavy atom. The topological polar surface area (TPSA) is 59.3 Å². The zero-order valence-corrected chi connectivity index (χ0v) is 13.3. The van der Waals surface area contributed by atoms with E-state index < -0.39 is 5.95 Å². The molecule has 1 N–H and O–H groups in total. The molecule has 2 atom stereocenters. The minimum Gasteiger partial charge on any atom is -0.273 e. The Labute approximate surface area is 138 Å². The van der Waals surface area contributed by atoms with Crippen LogP contribution in [0.2, 0.25) is 5.02 Å². The van der Waals surface area contributed by atoms with E-state index in [0.29, 0.717) is 11.6 Å². The summed E-state index contributed by atoms with van der Waals surface area (Å²) in [5.41, 5.74) is 3.80. The fourth-order valence-electron chi connectivity index (χ4n) is 2.50. The molecule has 1 aliphatic rings. The van der Waals surface area contributed by atoms with Gasteiger partial charge in [-0.05, 0) is 37.0 Å². The average Bonchev–Trinajstić information content (AvgIpc) is 3.27. The number of halogens is 2. The van der Waals surface area contributed by atoms with Crippen LogP contribution < -0.4 is 5.43 Å². The van der Waals surface area contributed by atoms with Crippen molar-refractivity contribution >= 4 is 23.7 Å². The quantitative estimate of drug-likeness (QED) is 0.675. The van der Waals surface area contributed by atoms with Crippen LogP contribution in [0.25, 0.3) is 0 Å². The Kier molecular flexibility index (Phi) is 4.43. The first-order valence-corrected chi connectivity index (χ1v) is 7.77. The Balaban J connectivity index is 1.55. The molecule has 0 bridgehead atoms. The van der Waals surface area contributed by atoms with Crippen LogP contribution in [0.1, 0.15) is 30.4 Å². The second kappa shape index (κ2) is 6.50. The van der Waals surface area contributed by atoms with Crippen LogP contribution in [0.5, 0.6) is 0 Å². The van der Waals surface area contributed by atoms with Crippen molar-refractivity contribution in [2.45, 2.75) is 25.8 Å². The van der Waals surface area contributed by atoms with Crippen LogP contribution >= 0.6 is 11.6 Å². The van der Waals surface area contributed by atoms with Crippen molar-refractivity contribution in [1.29, 1.82) is 0 Å². The number of aromatic nitrogens is 2. The maximum Gasteiger partial charge on any atom is 0.243 e. The normalized spacial score (nSPS) is 20.0. The van der Waals surface area contributed by atoms with E-state index in [2.05, 4.69) is 15.6 Å². The molecule has 0 radical (unpaired) electrons. The molecule has 0 unspecified atom stereocenters. The van der Waals surface area contributed by atoms with Gasteiger partial charge in [0.05, 0.1) is 18.0 Å². The number of nitrogens with zero attached hydrogens (tertiary/aromatic N) is 3. The van der Waals surface area contributed by atoms with Gasteiger partial charge in [0.1, 0.15) is 0 Å². The van der Waals surface area contributed by atoms with Crippen LogP contribution in [0.15, 0.2) is 35.6 Å². The molecule has 0 saturated heterocycles. The molecular weight excluding hydrogens is 319 g/mol. The Hall–Kier alpha value is -2.21. The lowest BCUT2D eigenvalue weighted by molar-refractivity contribution is -0.122. The summed E-state index contributed by atoms with van der Waals surface area (Å²) in [6, 6.07) is 7.49. The van der Waals surface area contributed by atoms with Crippen molar-refractivity contribution in [2.24, 2.45) is 11.0 Å². The first-order chi connectivity index (χ1) is 11.1. The Morgan fingerprint density at radius 3 is 2.91 bits per heavy atom. The molecule has 1 aromatic heterocycles. The summed E-state index contributed by atoms with van der Waals surface area (Å²) in [4.78, 5) is 12.0. The number of hydrogen-bond acceptors (Lipinski definition) is 3. The number of amides is 1. The largest absolute Gasteiger partial charge is 0.273 e. The van der Waals surface area contributed by atoms with Gasteiger partial charge in [0.2, 0.25) is 11.9 Å². The van der Waals surface area contributed by atoms with Crippen molar-refractivity contribution in [3.05, 3.63) is 52.6 Å². The molecule has 7 heteroatoms. The molecule has 23 heavy (non-hydrogen) atoms. The van der Waals surface area contributed by atoms with E-state index in [-0.39, 0.29) is 23.3 Å². The van der Waals surface area contributed by atoms with Crippen LogP contribution in [0, 0.1) is 11.9 Å². The average molecular weight is 335 g/mol. The smallest absolute Gasteiger partial charge is 0.243 e. The summed E-state index contributed by atoms with van der Waals surface area (Å²) < 4.78 is 15.0. The molecule has 1 amide bonds. The summed E-state index contributed by atoms with van der Waals surface area (Å²) in [5.74, 6) is -0.529. The molecular formula is C16H16ClFN4O. The van der Waals surface area contributed by atoms with Gasteiger partial charge in [0, 0.05) is 17.5 Å². The van der Waals surface area contributed by atoms with Gasteiger partial charge < -0.3 is 0 Å². The van der Waals surface area contributed by atoms with Crippen LogP contribution in [-0.2, 0) is 11.3 Å². The van der Waals surface area contributed by atoms with Gasteiger partial charge >= 0.3 is 0 Å². The second-order valence-electron chi connectivity index (χ2n) is 5.44. The molecule has 1 heterocycles. The van der Waals surface area contributed by atoms with Gasteiger partial charge in [-0.15, -0.1) is 0 Å². The van der Waals surface area contributed by atoms with Gasteiger partial charge in [-0.25, -0.2) is 10.1 Å². The minimum atomic E-state index is -0.462. The van der Waals surface area contributed by atoms with Crippen molar-refractivity contribution in [2.75, 3.05) is 0 Å². The number of hydrogen-bond donors (Lipinski definition) is 1. The molecule has 0 aliphatic heterocycles. The molecule has 1 aliphatic carbocycles. The lowest BCUT2D eigenvalue weighted by Gasteiger charge is -2.00. The first kappa shape index (κ1) is 15.7. The maximum absolute atomic E-state index is 13.7. The van der Waals surface area contributed by atoms with Crippen molar-refractivity contribution in [3.8, 4) is 0 Å². The van der Waals surface area contributed by atoms with E-state index >= 15 is 0 Å². The Bertz CT molecular complexity index is 741. The standard InChI is InChI=1S/C16H16ClFN4O/c1-2-22-15(18)11(9-20-22)8-19-21-16(23)14-7-13(14)10-3-5-12(17)6-4-10/h3-6,8-9,13-14H,2,7H2,1H3,(H,21,23)/b19-8-/t13-,14-/m1/s1. The summed E-state index contributed by atoms with van der Waals surface area (Å²) >= 11 is 5.85. The summed E-state index contributed by atoms with van der Waals surface area (Å²) in [6.45, 7) is 2.24. The molecule has 1 fully saturated rings. The molecule has 5 nitrogen and oxygen atoms in total. The fraction of sp³-hybridized carbons (Fsp3) is 0.312. The third-order valence-corrected chi connectivity index (χ3v) is 4.16. The fourth-order valence-corrected chi connectivity index (χ4v) is 2.63. The van der Waals surface area contributed by atoms with E-state index in [4.69, 9.17) is 11.6 Å². The number of aryl methyl sites for hydroxylation is 1. The van der Waals surface area contributed by atoms with Gasteiger partial charge in [-0.2, -0.15) is 14.6 Å². The number of carbonyl (C=O) groups is 1. The number of carbonyl (C=O) groups excluding carboxylic acids is 1. The van der Waals surface area contributed by atoms with Gasteiger partial charge in [-0.3, -0.25) is 4.79 Å². The number of hydrazone groups is 1. The van der Waals surface area contributed by atoms with E-state index in [1.165, 1.54) is 17.1 Å². The summed E-state index contributed by atoms with van der Waals surface area (Å²) in [7, 11) is 0. The van der Waals surface area contributed by atoms with Gasteiger partial charge in [0.25, 0.3) is 0 Å². The third kappa shape index (κ3) is 3.42. The van der Waals surface area contributed by atoms with Crippen molar-refractivity contribution < 1.29 is 9.18 Å². The highest BCUT2D eigenvalue weighted by Gasteiger charge is 2.43. The van der Waals surface area contributed by atoms with E-state index in [1.807, 2.05) is 24.3 Å². The summed E-state index contributed by atoms with van der Waals surface area (Å²) in [6.07, 6.45) is 3.43. The lowest BCUT2D eigenvalue weighted by atomic mass is 10.1. The van der Waals surface area contributed by atoms with Gasteiger partial charge in [-0.1, -0.05) is 23.7 Å². The van der Waals surface area contributed by atoms with Gasteiger partial charge in [0.15, 0.2) is 0 Å². The molecule has 1 saturated carbocycles. The van der Waals surface area contributed by atoms with Crippen LogP contribution in [0.4, 0.5) is 4.39 Å². The predicted molar refractivity (Wildman–Crippen MR) is 85.9 cm³/mol. The second-order valence-corrected chi connectivity index (χ2v) is 5.88. The van der Waals surface area contributed by atoms with E-state index in [9.17, 15) is 9.18 Å². The highest BCUT2D eigenvalue weighted by Crippen LogP contribution is 2.47. The number of benzene rings is 1. The monoisotopic (exact) mass is 334 g/mol. The van der Waals surface area contributed by atoms with Crippen molar-refractivity contribution in [1.82, 2.24) is 15.2 Å². The van der Waals surface area contributed by atoms with Crippen molar-refractivity contribution in [3.63, 3.8) is 0 Å². The SMILES string of the molecule is CCn1ncc(/C=N\NC(=O)[C@@H]2C[C@@H]2c2ccc(Cl)cc2)c1F. The third-order valence-electron chi connectivity index (χ3n) is 3.90. The highest BCUT2D eigenvalue weighted by molar-refractivity contribution is 6.30. The van der Waals surface area contributed by atoms with E-state index in [0.717, 1.165) is 12.0 Å². The van der Waals surface area contributed by atoms with E-state index in [1.54, 1.807) is 6.92 Å². The number of nitrogens with one attached hydrogen (secondary N) is 1. The molecule has 3 rings (SSSR count). The maximum atomic E-state index is 13.7. The lowest BCUT2D eigenvalue weighted by Crippen LogP contribution is -2.20. The first-order valence-electron chi connectivity index (χ1n) is 7.39. The molecule has 120 valence electrons.